The molecular weight excluding hydrogens is 562 g/mol. The van der Waals surface area contributed by atoms with Crippen molar-refractivity contribution in [3.63, 3.8) is 0 Å². The molecule has 2 fully saturated rings. The first-order valence-corrected chi connectivity index (χ1v) is 15.4. The summed E-state index contributed by atoms with van der Waals surface area (Å²) in [6.07, 6.45) is 1.09. The van der Waals surface area contributed by atoms with Crippen molar-refractivity contribution < 1.29 is 28.7 Å². The molecule has 11 heteroatoms. The van der Waals surface area contributed by atoms with Gasteiger partial charge >= 0.3 is 6.09 Å². The minimum absolute atomic E-state index is 0.145. The lowest BCUT2D eigenvalue weighted by Crippen LogP contribution is -2.52. The topological polar surface area (TPSA) is 121 Å². The Labute approximate surface area is 258 Å². The van der Waals surface area contributed by atoms with Crippen LogP contribution in [0, 0.1) is 0 Å². The molecule has 2 aromatic rings. The Kier molecular flexibility index (Phi) is 9.43. The van der Waals surface area contributed by atoms with Crippen molar-refractivity contribution in [2.24, 2.45) is 0 Å². The number of imide groups is 1. The highest BCUT2D eigenvalue weighted by molar-refractivity contribution is 6.05. The number of rotatable bonds is 9. The molecule has 0 radical (unpaired) electrons. The second-order valence-electron chi connectivity index (χ2n) is 12.7. The van der Waals surface area contributed by atoms with E-state index in [4.69, 9.17) is 9.47 Å². The second kappa shape index (κ2) is 13.3. The molecule has 0 saturated carbocycles. The van der Waals surface area contributed by atoms with Crippen molar-refractivity contribution >= 4 is 29.5 Å². The predicted octanol–water partition coefficient (Wildman–Crippen LogP) is 3.62. The Morgan fingerprint density at radius 1 is 1.05 bits per heavy atom. The molecule has 1 unspecified atom stereocenters. The minimum Gasteiger partial charge on any atom is -0.494 e. The summed E-state index contributed by atoms with van der Waals surface area (Å²) in [5.74, 6) is -0.0130. The summed E-state index contributed by atoms with van der Waals surface area (Å²) in [5, 5.41) is 5.21. The van der Waals surface area contributed by atoms with Gasteiger partial charge in [-0.25, -0.2) is 4.79 Å². The number of carbonyl (C=O) groups excluding carboxylic acids is 4. The van der Waals surface area contributed by atoms with Crippen LogP contribution in [0.25, 0.3) is 0 Å². The van der Waals surface area contributed by atoms with Crippen LogP contribution in [-0.2, 0) is 20.9 Å². The summed E-state index contributed by atoms with van der Waals surface area (Å²) >= 11 is 0. The lowest BCUT2D eigenvalue weighted by molar-refractivity contribution is -0.136. The Bertz CT molecular complexity index is 1380. The monoisotopic (exact) mass is 605 g/mol. The molecule has 3 aliphatic heterocycles. The van der Waals surface area contributed by atoms with Crippen molar-refractivity contribution in [1.29, 1.82) is 0 Å². The standard InChI is InChI=1S/C33H43N5O6/c1-22(34-32(42)44-33(2,3)4)23-6-9-26(10-7-23)43-19-5-14-36-15-17-37(18-16-36)25-8-11-27-24(20-25)21-38(31(27)41)28-12-13-29(39)35-30(28)40/h6-11,20,22,28H,5,12-19,21H2,1-4H3,(H,34,42)(H,35,39,40)/t22-,28?/m1/s1. The molecule has 0 spiro atoms. The Hall–Kier alpha value is -4.12. The van der Waals surface area contributed by atoms with Crippen LogP contribution in [0.2, 0.25) is 0 Å². The van der Waals surface area contributed by atoms with E-state index < -0.39 is 17.7 Å². The first-order chi connectivity index (χ1) is 21.0. The summed E-state index contributed by atoms with van der Waals surface area (Å²) in [7, 11) is 0. The third-order valence-electron chi connectivity index (χ3n) is 8.25. The molecule has 4 amide bonds. The highest BCUT2D eigenvalue weighted by Crippen LogP contribution is 2.31. The molecule has 2 atom stereocenters. The van der Waals surface area contributed by atoms with E-state index in [9.17, 15) is 19.2 Å². The Morgan fingerprint density at radius 3 is 2.45 bits per heavy atom. The van der Waals surface area contributed by atoms with Crippen LogP contribution < -0.4 is 20.3 Å². The van der Waals surface area contributed by atoms with Gasteiger partial charge in [0.25, 0.3) is 5.91 Å². The molecule has 3 heterocycles. The summed E-state index contributed by atoms with van der Waals surface area (Å²) in [6.45, 7) is 13.0. The molecule has 2 aromatic carbocycles. The lowest BCUT2D eigenvalue weighted by atomic mass is 10.0. The summed E-state index contributed by atoms with van der Waals surface area (Å²) in [4.78, 5) is 55.3. The first kappa shape index (κ1) is 31.3. The third-order valence-corrected chi connectivity index (χ3v) is 8.25. The minimum atomic E-state index is -0.597. The molecule has 5 rings (SSSR count). The molecular formula is C33H43N5O6. The van der Waals surface area contributed by atoms with Crippen molar-refractivity contribution in [2.45, 2.75) is 71.2 Å². The van der Waals surface area contributed by atoms with Gasteiger partial charge in [0.15, 0.2) is 0 Å². The van der Waals surface area contributed by atoms with Gasteiger partial charge in [0.05, 0.1) is 12.6 Å². The van der Waals surface area contributed by atoms with Gasteiger partial charge in [-0.15, -0.1) is 0 Å². The van der Waals surface area contributed by atoms with Gasteiger partial charge < -0.3 is 24.6 Å². The second-order valence-corrected chi connectivity index (χ2v) is 12.7. The van der Waals surface area contributed by atoms with Gasteiger partial charge in [-0.2, -0.15) is 0 Å². The summed E-state index contributed by atoms with van der Waals surface area (Å²) < 4.78 is 11.3. The maximum atomic E-state index is 13.0. The van der Waals surface area contributed by atoms with Crippen LogP contribution in [0.1, 0.15) is 74.5 Å². The van der Waals surface area contributed by atoms with Crippen molar-refractivity contribution in [3.05, 3.63) is 59.2 Å². The van der Waals surface area contributed by atoms with Crippen molar-refractivity contribution in [2.75, 3.05) is 44.2 Å². The largest absolute Gasteiger partial charge is 0.494 e. The quantitative estimate of drug-likeness (QED) is 0.329. The number of hydrogen-bond acceptors (Lipinski definition) is 8. The van der Waals surface area contributed by atoms with Crippen LogP contribution >= 0.6 is 0 Å². The van der Waals surface area contributed by atoms with E-state index in [0.717, 1.165) is 61.7 Å². The number of piperidine rings is 1. The number of carbonyl (C=O) groups is 4. The first-order valence-electron chi connectivity index (χ1n) is 15.4. The molecule has 0 bridgehead atoms. The average molecular weight is 606 g/mol. The number of fused-ring (bicyclic) bond motifs is 1. The lowest BCUT2D eigenvalue weighted by Gasteiger charge is -2.36. The number of benzene rings is 2. The number of hydrogen-bond donors (Lipinski definition) is 2. The number of nitrogens with zero attached hydrogens (tertiary/aromatic N) is 3. The number of anilines is 1. The molecule has 236 valence electrons. The molecule has 2 N–H and O–H groups in total. The van der Waals surface area contributed by atoms with Gasteiger partial charge in [-0.1, -0.05) is 12.1 Å². The van der Waals surface area contributed by atoms with E-state index in [2.05, 4.69) is 26.5 Å². The van der Waals surface area contributed by atoms with Crippen molar-refractivity contribution in [3.8, 4) is 5.75 Å². The zero-order valence-corrected chi connectivity index (χ0v) is 26.1. The van der Waals surface area contributed by atoms with Gasteiger partial charge in [-0.3, -0.25) is 24.6 Å². The number of alkyl carbamates (subject to hydrolysis) is 1. The molecule has 0 aliphatic carbocycles. The van der Waals surface area contributed by atoms with Crippen LogP contribution in [0.15, 0.2) is 42.5 Å². The molecule has 44 heavy (non-hydrogen) atoms. The summed E-state index contributed by atoms with van der Waals surface area (Å²) in [5.41, 5.74) is 3.09. The van der Waals surface area contributed by atoms with Crippen LogP contribution in [0.5, 0.6) is 5.75 Å². The Morgan fingerprint density at radius 2 is 1.77 bits per heavy atom. The SMILES string of the molecule is C[C@@H](NC(=O)OC(C)(C)C)c1ccc(OCCCN2CCN(c3ccc4c(c3)CN(C3CCC(=O)NC3=O)C4=O)CC2)cc1. The van der Waals surface area contributed by atoms with Gasteiger partial charge in [0.1, 0.15) is 17.4 Å². The van der Waals surface area contributed by atoms with Gasteiger partial charge in [0, 0.05) is 56.9 Å². The van der Waals surface area contributed by atoms with E-state index in [1.165, 1.54) is 0 Å². The molecule has 0 aromatic heterocycles. The van der Waals surface area contributed by atoms with E-state index in [1.54, 1.807) is 4.90 Å². The number of ether oxygens (including phenoxy) is 2. The number of amides is 4. The molecule has 11 nitrogen and oxygen atoms in total. The molecule has 2 saturated heterocycles. The number of piperazine rings is 1. The average Bonchev–Trinajstić information content (AvgIpc) is 3.30. The summed E-state index contributed by atoms with van der Waals surface area (Å²) in [6, 6.07) is 12.9. The highest BCUT2D eigenvalue weighted by atomic mass is 16.6. The zero-order chi connectivity index (χ0) is 31.4. The van der Waals surface area contributed by atoms with Crippen LogP contribution in [0.3, 0.4) is 0 Å². The smallest absolute Gasteiger partial charge is 0.408 e. The van der Waals surface area contributed by atoms with E-state index in [0.29, 0.717) is 25.1 Å². The van der Waals surface area contributed by atoms with E-state index in [1.807, 2.05) is 64.1 Å². The fraction of sp³-hybridized carbons (Fsp3) is 0.515. The fourth-order valence-electron chi connectivity index (χ4n) is 5.89. The van der Waals surface area contributed by atoms with Gasteiger partial charge in [0.2, 0.25) is 11.8 Å². The Balaban J connectivity index is 1.02. The van der Waals surface area contributed by atoms with Gasteiger partial charge in [-0.05, 0) is 82.0 Å². The highest BCUT2D eigenvalue weighted by Gasteiger charge is 2.39. The zero-order valence-electron chi connectivity index (χ0n) is 26.1. The van der Waals surface area contributed by atoms with Crippen molar-refractivity contribution in [1.82, 2.24) is 20.4 Å². The fourth-order valence-corrected chi connectivity index (χ4v) is 5.89. The van der Waals surface area contributed by atoms with Crippen LogP contribution in [0.4, 0.5) is 10.5 Å². The maximum Gasteiger partial charge on any atom is 0.408 e. The molecule has 3 aliphatic rings. The van der Waals surface area contributed by atoms with E-state index >= 15 is 0 Å². The predicted molar refractivity (Wildman–Crippen MR) is 165 cm³/mol. The van der Waals surface area contributed by atoms with E-state index in [-0.39, 0.29) is 30.2 Å². The third kappa shape index (κ3) is 7.68. The maximum absolute atomic E-state index is 13.0. The van der Waals surface area contributed by atoms with Crippen LogP contribution in [-0.4, -0.2) is 84.6 Å². The number of nitrogens with one attached hydrogen (secondary N) is 2. The normalized spacial score (nSPS) is 19.8.